The van der Waals surface area contributed by atoms with Crippen LogP contribution in [0.3, 0.4) is 0 Å². The summed E-state index contributed by atoms with van der Waals surface area (Å²) in [6.45, 7) is 6.09. The number of nitrogens with zero attached hydrogens (tertiary/aromatic N) is 1. The fraction of sp³-hybridized carbons (Fsp3) is 0.125. The predicted molar refractivity (Wildman–Crippen MR) is 154 cm³/mol. The van der Waals surface area contributed by atoms with E-state index in [0.717, 1.165) is 22.1 Å². The highest BCUT2D eigenvalue weighted by atomic mass is 35.5. The van der Waals surface area contributed by atoms with Crippen molar-refractivity contribution in [3.05, 3.63) is 118 Å². The molecule has 0 aromatic heterocycles. The van der Waals surface area contributed by atoms with Crippen molar-refractivity contribution in [2.24, 2.45) is 0 Å². The van der Waals surface area contributed by atoms with Crippen molar-refractivity contribution in [2.45, 2.75) is 20.0 Å². The number of amides is 1. The molecule has 1 N–H and O–H groups in total. The van der Waals surface area contributed by atoms with Crippen LogP contribution in [0.5, 0.6) is 11.5 Å². The highest BCUT2D eigenvalue weighted by Crippen LogP contribution is 2.35. The quantitative estimate of drug-likeness (QED) is 0.139. The molecule has 38 heavy (non-hydrogen) atoms. The van der Waals surface area contributed by atoms with E-state index in [0.29, 0.717) is 40.8 Å². The molecule has 0 saturated heterocycles. The highest BCUT2D eigenvalue weighted by Gasteiger charge is 2.15. The molecule has 1 amide bonds. The minimum atomic E-state index is -0.534. The van der Waals surface area contributed by atoms with Crippen molar-refractivity contribution in [2.75, 3.05) is 12.4 Å². The molecule has 0 aliphatic rings. The molecule has 0 bridgehead atoms. The zero-order valence-corrected chi connectivity index (χ0v) is 22.0. The van der Waals surface area contributed by atoms with Gasteiger partial charge in [-0.15, -0.1) is 6.58 Å². The number of carbonyl (C=O) groups excluding carboxylic acids is 1. The van der Waals surface area contributed by atoms with Crippen molar-refractivity contribution < 1.29 is 14.3 Å². The number of aryl methyl sites for hydroxylation is 1. The van der Waals surface area contributed by atoms with Crippen LogP contribution in [-0.4, -0.2) is 13.0 Å². The first-order valence-corrected chi connectivity index (χ1v) is 12.4. The van der Waals surface area contributed by atoms with Crippen molar-refractivity contribution in [3.8, 4) is 17.6 Å². The van der Waals surface area contributed by atoms with E-state index in [9.17, 15) is 10.1 Å². The standard InChI is InChI=1S/C32H27ClN2O3/c1-4-7-26-15-23(16-27(19-34)32(36)35-28-13-10-21(2)29(33)18-28)17-30(37-3)31(26)38-20-22-11-12-24-8-5-6-9-25(24)14-22/h4-6,8-18H,1,7,20H2,2-3H3,(H,35,36)/b27-16-. The smallest absolute Gasteiger partial charge is 0.266 e. The second-order valence-corrected chi connectivity index (χ2v) is 9.17. The Hall–Kier alpha value is -4.53. The van der Waals surface area contributed by atoms with E-state index in [1.807, 2.05) is 37.3 Å². The third kappa shape index (κ3) is 6.23. The van der Waals surface area contributed by atoms with Gasteiger partial charge in [0, 0.05) is 16.3 Å². The van der Waals surface area contributed by atoms with Gasteiger partial charge >= 0.3 is 0 Å². The summed E-state index contributed by atoms with van der Waals surface area (Å²) < 4.78 is 11.9. The first-order valence-electron chi connectivity index (χ1n) is 12.0. The number of hydrogen-bond acceptors (Lipinski definition) is 4. The summed E-state index contributed by atoms with van der Waals surface area (Å²) in [6.07, 6.45) is 3.80. The second-order valence-electron chi connectivity index (χ2n) is 8.76. The monoisotopic (exact) mass is 522 g/mol. The number of hydrogen-bond donors (Lipinski definition) is 1. The number of benzene rings is 4. The van der Waals surface area contributed by atoms with Crippen LogP contribution in [0.15, 0.2) is 91.0 Å². The number of rotatable bonds is 9. The summed E-state index contributed by atoms with van der Waals surface area (Å²) in [4.78, 5) is 12.8. The van der Waals surface area contributed by atoms with E-state index >= 15 is 0 Å². The average molecular weight is 523 g/mol. The van der Waals surface area contributed by atoms with Gasteiger partial charge in [-0.1, -0.05) is 60.1 Å². The SMILES string of the molecule is C=CCc1cc(/C=C(/C#N)C(=O)Nc2ccc(C)c(Cl)c2)cc(OC)c1OCc1ccc2ccccc2c1. The Morgan fingerprint density at radius 1 is 1.08 bits per heavy atom. The van der Waals surface area contributed by atoms with Crippen molar-refractivity contribution in [3.63, 3.8) is 0 Å². The number of anilines is 1. The van der Waals surface area contributed by atoms with Gasteiger partial charge in [-0.3, -0.25) is 4.79 Å². The molecule has 0 saturated carbocycles. The average Bonchev–Trinajstić information content (AvgIpc) is 2.92. The van der Waals surface area contributed by atoms with E-state index < -0.39 is 5.91 Å². The minimum absolute atomic E-state index is 0.0573. The number of nitrogens with one attached hydrogen (secondary N) is 1. The Labute approximate surface area is 227 Å². The lowest BCUT2D eigenvalue weighted by atomic mass is 10.0. The van der Waals surface area contributed by atoms with Gasteiger partial charge in [0.05, 0.1) is 7.11 Å². The third-order valence-corrected chi connectivity index (χ3v) is 6.45. The van der Waals surface area contributed by atoms with E-state index in [2.05, 4.69) is 36.2 Å². The normalized spacial score (nSPS) is 11.1. The number of nitriles is 1. The number of halogens is 1. The van der Waals surface area contributed by atoms with E-state index in [1.165, 1.54) is 11.5 Å². The Morgan fingerprint density at radius 3 is 2.58 bits per heavy atom. The molecule has 0 aliphatic heterocycles. The maximum absolute atomic E-state index is 12.8. The highest BCUT2D eigenvalue weighted by molar-refractivity contribution is 6.31. The summed E-state index contributed by atoms with van der Waals surface area (Å²) >= 11 is 6.16. The maximum atomic E-state index is 12.8. The number of carbonyl (C=O) groups is 1. The van der Waals surface area contributed by atoms with Crippen LogP contribution in [0.25, 0.3) is 16.8 Å². The van der Waals surface area contributed by atoms with Gasteiger partial charge in [0.2, 0.25) is 0 Å². The first kappa shape index (κ1) is 26.5. The minimum Gasteiger partial charge on any atom is -0.493 e. The molecule has 4 rings (SSSR count). The Balaban J connectivity index is 1.60. The second kappa shape index (κ2) is 12.1. The lowest BCUT2D eigenvalue weighted by molar-refractivity contribution is -0.112. The largest absolute Gasteiger partial charge is 0.493 e. The summed E-state index contributed by atoms with van der Waals surface area (Å²) in [5.74, 6) is 0.558. The summed E-state index contributed by atoms with van der Waals surface area (Å²) in [5.41, 5.74) is 3.83. The van der Waals surface area contributed by atoms with Gasteiger partial charge < -0.3 is 14.8 Å². The molecule has 4 aromatic rings. The van der Waals surface area contributed by atoms with E-state index in [1.54, 1.807) is 37.5 Å². The molecular weight excluding hydrogens is 496 g/mol. The van der Waals surface area contributed by atoms with Gasteiger partial charge in [-0.05, 0) is 77.2 Å². The van der Waals surface area contributed by atoms with Gasteiger partial charge in [0.15, 0.2) is 11.5 Å². The topological polar surface area (TPSA) is 71.4 Å². The van der Waals surface area contributed by atoms with E-state index in [4.69, 9.17) is 21.1 Å². The van der Waals surface area contributed by atoms with Crippen LogP contribution in [0, 0.1) is 18.3 Å². The van der Waals surface area contributed by atoms with Crippen molar-refractivity contribution >= 4 is 40.0 Å². The molecule has 0 atom stereocenters. The molecule has 6 heteroatoms. The van der Waals surface area contributed by atoms with Crippen LogP contribution in [-0.2, 0) is 17.8 Å². The Morgan fingerprint density at radius 2 is 1.87 bits per heavy atom. The molecule has 0 radical (unpaired) electrons. The molecule has 0 spiro atoms. The van der Waals surface area contributed by atoms with Gasteiger partial charge in [-0.25, -0.2) is 0 Å². The van der Waals surface area contributed by atoms with Crippen LogP contribution >= 0.6 is 11.6 Å². The zero-order valence-electron chi connectivity index (χ0n) is 21.3. The molecule has 0 heterocycles. The maximum Gasteiger partial charge on any atom is 0.266 e. The molecular formula is C32H27ClN2O3. The third-order valence-electron chi connectivity index (χ3n) is 6.04. The van der Waals surface area contributed by atoms with Crippen molar-refractivity contribution in [1.29, 1.82) is 5.26 Å². The lowest BCUT2D eigenvalue weighted by Crippen LogP contribution is -2.13. The zero-order chi connectivity index (χ0) is 27.1. The lowest BCUT2D eigenvalue weighted by Gasteiger charge is -2.16. The molecule has 0 fully saturated rings. The Bertz CT molecular complexity index is 1580. The fourth-order valence-corrected chi connectivity index (χ4v) is 4.24. The molecule has 4 aromatic carbocycles. The fourth-order valence-electron chi connectivity index (χ4n) is 4.06. The van der Waals surface area contributed by atoms with Crippen LogP contribution in [0.2, 0.25) is 5.02 Å². The Kier molecular flexibility index (Phi) is 8.47. The molecule has 0 unspecified atom stereocenters. The number of fused-ring (bicyclic) bond motifs is 1. The number of methoxy groups -OCH3 is 1. The summed E-state index contributed by atoms with van der Waals surface area (Å²) in [5, 5.41) is 15.3. The van der Waals surface area contributed by atoms with Crippen LogP contribution < -0.4 is 14.8 Å². The summed E-state index contributed by atoms with van der Waals surface area (Å²) in [7, 11) is 1.56. The van der Waals surface area contributed by atoms with Crippen LogP contribution in [0.4, 0.5) is 5.69 Å². The van der Waals surface area contributed by atoms with Crippen molar-refractivity contribution in [1.82, 2.24) is 0 Å². The number of allylic oxidation sites excluding steroid dienone is 1. The van der Waals surface area contributed by atoms with Crippen LogP contribution in [0.1, 0.15) is 22.3 Å². The summed E-state index contributed by atoms with van der Waals surface area (Å²) in [6, 6.07) is 25.2. The molecule has 190 valence electrons. The van der Waals surface area contributed by atoms with Gasteiger partial charge in [-0.2, -0.15) is 5.26 Å². The molecule has 0 aliphatic carbocycles. The molecule has 5 nitrogen and oxygen atoms in total. The number of ether oxygens (including phenoxy) is 2. The van der Waals surface area contributed by atoms with Gasteiger partial charge in [0.1, 0.15) is 18.2 Å². The predicted octanol–water partition coefficient (Wildman–Crippen LogP) is 7.66. The van der Waals surface area contributed by atoms with Gasteiger partial charge in [0.25, 0.3) is 5.91 Å². The first-order chi connectivity index (χ1) is 18.4. The van der Waals surface area contributed by atoms with E-state index in [-0.39, 0.29) is 5.57 Å².